The van der Waals surface area contributed by atoms with Crippen molar-refractivity contribution in [2.75, 3.05) is 13.3 Å². The maximum atomic E-state index is 13.0. The van der Waals surface area contributed by atoms with Crippen molar-refractivity contribution in [3.8, 4) is 11.5 Å². The maximum Gasteiger partial charge on any atom is 0.243 e. The zero-order chi connectivity index (χ0) is 21.1. The molecule has 2 aromatic carbocycles. The van der Waals surface area contributed by atoms with Crippen LogP contribution >= 0.6 is 0 Å². The smallest absolute Gasteiger partial charge is 0.243 e. The lowest BCUT2D eigenvalue weighted by atomic mass is 9.82. The molecule has 6 rings (SSSR count). The molecule has 158 valence electrons. The van der Waals surface area contributed by atoms with E-state index in [-0.39, 0.29) is 37.1 Å². The van der Waals surface area contributed by atoms with E-state index in [0.717, 1.165) is 45.6 Å². The summed E-state index contributed by atoms with van der Waals surface area (Å²) in [6.45, 7) is 2.44. The van der Waals surface area contributed by atoms with Crippen LogP contribution in [0.1, 0.15) is 29.8 Å². The molecule has 1 aromatic heterocycles. The molecule has 1 unspecified atom stereocenters. The fourth-order valence-electron chi connectivity index (χ4n) is 5.35. The van der Waals surface area contributed by atoms with Crippen LogP contribution in [0.15, 0.2) is 42.5 Å². The molecule has 3 aliphatic rings. The molecule has 3 atom stereocenters. The van der Waals surface area contributed by atoms with Crippen molar-refractivity contribution in [1.82, 2.24) is 15.2 Å². The van der Waals surface area contributed by atoms with Gasteiger partial charge in [-0.2, -0.15) is 0 Å². The van der Waals surface area contributed by atoms with Gasteiger partial charge >= 0.3 is 0 Å². The third-order valence-corrected chi connectivity index (χ3v) is 6.71. The average molecular weight is 417 g/mol. The molecule has 31 heavy (non-hydrogen) atoms. The predicted octanol–water partition coefficient (Wildman–Crippen LogP) is 2.70. The van der Waals surface area contributed by atoms with E-state index >= 15 is 0 Å². The van der Waals surface area contributed by atoms with Gasteiger partial charge in [-0.3, -0.25) is 9.59 Å². The Morgan fingerprint density at radius 1 is 1.13 bits per heavy atom. The molecule has 3 aromatic rings. The lowest BCUT2D eigenvalue weighted by Crippen LogP contribution is -2.62. The van der Waals surface area contributed by atoms with E-state index in [1.54, 1.807) is 0 Å². The monoisotopic (exact) mass is 417 g/mol. The van der Waals surface area contributed by atoms with E-state index in [1.807, 2.05) is 41.3 Å². The second kappa shape index (κ2) is 6.77. The first kappa shape index (κ1) is 18.3. The summed E-state index contributed by atoms with van der Waals surface area (Å²) < 4.78 is 11.0. The van der Waals surface area contributed by atoms with Gasteiger partial charge in [0.15, 0.2) is 11.5 Å². The molecular formula is C24H23N3O4. The normalized spacial score (nSPS) is 22.8. The van der Waals surface area contributed by atoms with Gasteiger partial charge in [0.1, 0.15) is 6.04 Å². The standard InChI is InChI=1S/C24H23N3O4/c1-13(8-14-6-7-19-20(9-14)31-12-30-19)23-22-16(15-4-2-3-5-17(15)26-22)10-18-24(29)25-11-21(28)27(18)23/h2-7,9,13,18,23,26H,8,10-12H2,1H3,(H,25,29)/t13?,18-,23+/m1/s1. The highest BCUT2D eigenvalue weighted by molar-refractivity contribution is 5.97. The van der Waals surface area contributed by atoms with E-state index in [0.29, 0.717) is 6.42 Å². The first-order valence-electron chi connectivity index (χ1n) is 10.7. The number of amides is 2. The topological polar surface area (TPSA) is 83.7 Å². The van der Waals surface area contributed by atoms with Crippen molar-refractivity contribution in [2.24, 2.45) is 5.92 Å². The fourth-order valence-corrected chi connectivity index (χ4v) is 5.35. The van der Waals surface area contributed by atoms with Gasteiger partial charge in [-0.05, 0) is 41.7 Å². The van der Waals surface area contributed by atoms with Crippen LogP contribution in [0.3, 0.4) is 0 Å². The van der Waals surface area contributed by atoms with Crippen molar-refractivity contribution in [3.05, 3.63) is 59.3 Å². The Morgan fingerprint density at radius 2 is 1.97 bits per heavy atom. The summed E-state index contributed by atoms with van der Waals surface area (Å²) in [5, 5.41) is 3.90. The number of ether oxygens (including phenoxy) is 2. The maximum absolute atomic E-state index is 13.0. The molecule has 0 bridgehead atoms. The Kier molecular flexibility index (Phi) is 4.00. The molecule has 3 aliphatic heterocycles. The molecule has 0 aliphatic carbocycles. The number of nitrogens with one attached hydrogen (secondary N) is 2. The zero-order valence-corrected chi connectivity index (χ0v) is 17.2. The van der Waals surface area contributed by atoms with Gasteiger partial charge in [0.05, 0.1) is 12.6 Å². The minimum absolute atomic E-state index is 0.0311. The Labute approximate surface area is 179 Å². The molecule has 4 heterocycles. The van der Waals surface area contributed by atoms with Gasteiger partial charge < -0.3 is 24.7 Å². The van der Waals surface area contributed by atoms with Crippen molar-refractivity contribution in [3.63, 3.8) is 0 Å². The molecule has 2 amide bonds. The SMILES string of the molecule is CC(Cc1ccc2c(c1)OCO2)[C@H]1c2[nH]c3ccccc3c2C[C@@H]2C(=O)NCC(=O)N21. The number of aromatic nitrogens is 1. The highest BCUT2D eigenvalue weighted by Gasteiger charge is 2.46. The molecule has 7 nitrogen and oxygen atoms in total. The number of hydrogen-bond acceptors (Lipinski definition) is 4. The van der Waals surface area contributed by atoms with Crippen LogP contribution in [0.5, 0.6) is 11.5 Å². The largest absolute Gasteiger partial charge is 0.454 e. The van der Waals surface area contributed by atoms with E-state index in [2.05, 4.69) is 23.3 Å². The third-order valence-electron chi connectivity index (χ3n) is 6.71. The third kappa shape index (κ3) is 2.80. The Bertz CT molecular complexity index is 1220. The number of nitrogens with zero attached hydrogens (tertiary/aromatic N) is 1. The quantitative estimate of drug-likeness (QED) is 0.686. The Morgan fingerprint density at radius 3 is 2.87 bits per heavy atom. The molecule has 0 radical (unpaired) electrons. The van der Waals surface area contributed by atoms with Gasteiger partial charge in [0, 0.05) is 23.0 Å². The van der Waals surface area contributed by atoms with Crippen molar-refractivity contribution < 1.29 is 19.1 Å². The molecule has 7 heteroatoms. The predicted molar refractivity (Wildman–Crippen MR) is 114 cm³/mol. The number of carbonyl (C=O) groups excluding carboxylic acids is 2. The van der Waals surface area contributed by atoms with Crippen molar-refractivity contribution in [2.45, 2.75) is 31.8 Å². The van der Waals surface area contributed by atoms with E-state index in [4.69, 9.17) is 9.47 Å². The van der Waals surface area contributed by atoms with Crippen LogP contribution < -0.4 is 14.8 Å². The number of piperazine rings is 1. The second-order valence-corrected chi connectivity index (χ2v) is 8.62. The number of hydrogen-bond donors (Lipinski definition) is 2. The van der Waals surface area contributed by atoms with Crippen molar-refractivity contribution in [1.29, 1.82) is 0 Å². The van der Waals surface area contributed by atoms with E-state index < -0.39 is 6.04 Å². The summed E-state index contributed by atoms with van der Waals surface area (Å²) in [5.41, 5.74) is 4.35. The van der Waals surface area contributed by atoms with Crippen LogP contribution in [0, 0.1) is 5.92 Å². The summed E-state index contributed by atoms with van der Waals surface area (Å²) in [5.74, 6) is 1.50. The van der Waals surface area contributed by atoms with Crippen LogP contribution in [0.25, 0.3) is 10.9 Å². The van der Waals surface area contributed by atoms with Crippen LogP contribution in [0.2, 0.25) is 0 Å². The van der Waals surface area contributed by atoms with Crippen molar-refractivity contribution >= 4 is 22.7 Å². The molecule has 2 N–H and O–H groups in total. The number of para-hydroxylation sites is 1. The molecule has 0 spiro atoms. The van der Waals surface area contributed by atoms with Crippen LogP contribution in [0.4, 0.5) is 0 Å². The average Bonchev–Trinajstić information content (AvgIpc) is 3.39. The lowest BCUT2D eigenvalue weighted by Gasteiger charge is -2.46. The van der Waals surface area contributed by atoms with Gasteiger partial charge in [0.25, 0.3) is 0 Å². The molecular weight excluding hydrogens is 394 g/mol. The van der Waals surface area contributed by atoms with Gasteiger partial charge in [-0.15, -0.1) is 0 Å². The summed E-state index contributed by atoms with van der Waals surface area (Å²) >= 11 is 0. The number of H-pyrrole nitrogens is 1. The number of aromatic amines is 1. The highest BCUT2D eigenvalue weighted by Crippen LogP contribution is 2.43. The van der Waals surface area contributed by atoms with E-state index in [9.17, 15) is 9.59 Å². The summed E-state index contributed by atoms with van der Waals surface area (Å²) in [7, 11) is 0. The van der Waals surface area contributed by atoms with Gasteiger partial charge in [-0.1, -0.05) is 31.2 Å². The number of rotatable bonds is 3. The number of benzene rings is 2. The minimum atomic E-state index is -0.475. The number of carbonyl (C=O) groups is 2. The second-order valence-electron chi connectivity index (χ2n) is 8.62. The summed E-state index contributed by atoms with van der Waals surface area (Å²) in [4.78, 5) is 31.1. The van der Waals surface area contributed by atoms with Gasteiger partial charge in [-0.25, -0.2) is 0 Å². The first-order valence-corrected chi connectivity index (χ1v) is 10.7. The summed E-state index contributed by atoms with van der Waals surface area (Å²) in [6, 6.07) is 13.5. The van der Waals surface area contributed by atoms with Crippen LogP contribution in [-0.2, 0) is 22.4 Å². The lowest BCUT2D eigenvalue weighted by molar-refractivity contribution is -0.150. The molecule has 1 fully saturated rings. The zero-order valence-electron chi connectivity index (χ0n) is 17.2. The summed E-state index contributed by atoms with van der Waals surface area (Å²) in [6.07, 6.45) is 1.28. The van der Waals surface area contributed by atoms with Gasteiger partial charge in [0.2, 0.25) is 18.6 Å². The Hall–Kier alpha value is -3.48. The molecule has 0 saturated carbocycles. The van der Waals surface area contributed by atoms with E-state index in [1.165, 1.54) is 0 Å². The highest BCUT2D eigenvalue weighted by atomic mass is 16.7. The number of fused-ring (bicyclic) bond motifs is 5. The first-order chi connectivity index (χ1) is 15.1. The molecule has 1 saturated heterocycles. The Balaban J connectivity index is 1.43. The minimum Gasteiger partial charge on any atom is -0.454 e. The van der Waals surface area contributed by atoms with Crippen LogP contribution in [-0.4, -0.2) is 41.1 Å². The fraction of sp³-hybridized carbons (Fsp3) is 0.333.